The molecule has 21 heavy (non-hydrogen) atoms. The smallest absolute Gasteiger partial charge is 0.148 e. The normalized spacial score (nSPS) is 12.3. The second-order valence-corrected chi connectivity index (χ2v) is 5.48. The van der Waals surface area contributed by atoms with E-state index in [2.05, 4.69) is 53.6 Å². The largest absolute Gasteiger partial charge is 0.363 e. The lowest BCUT2D eigenvalue weighted by atomic mass is 10.1. The first-order valence-corrected chi connectivity index (χ1v) is 7.19. The van der Waals surface area contributed by atoms with E-state index in [-0.39, 0.29) is 12.0 Å². The van der Waals surface area contributed by atoms with Gasteiger partial charge in [0.1, 0.15) is 17.5 Å². The van der Waals surface area contributed by atoms with Crippen molar-refractivity contribution in [3.8, 4) is 0 Å². The summed E-state index contributed by atoms with van der Waals surface area (Å²) >= 11 is 0. The number of anilines is 2. The molecule has 0 aliphatic heterocycles. The monoisotopic (exact) mass is 285 g/mol. The van der Waals surface area contributed by atoms with Gasteiger partial charge in [-0.1, -0.05) is 44.2 Å². The fourth-order valence-electron chi connectivity index (χ4n) is 2.10. The lowest BCUT2D eigenvalue weighted by molar-refractivity contribution is 0.766. The van der Waals surface area contributed by atoms with Crippen LogP contribution in [0, 0.1) is 6.92 Å². The summed E-state index contributed by atoms with van der Waals surface area (Å²) in [6.45, 7) is 8.20. The molecule has 1 aromatic heterocycles. The third-order valence-electron chi connectivity index (χ3n) is 3.47. The molecule has 0 aliphatic carbocycles. The number of hydrogen-bond acceptors (Lipinski definition) is 5. The van der Waals surface area contributed by atoms with Crippen LogP contribution in [0.3, 0.4) is 0 Å². The second kappa shape index (κ2) is 6.54. The summed E-state index contributed by atoms with van der Waals surface area (Å²) in [5.74, 6) is 8.06. The molecule has 1 unspecified atom stereocenters. The number of nitrogens with two attached hydrogens (primary N) is 1. The zero-order valence-electron chi connectivity index (χ0n) is 13.0. The van der Waals surface area contributed by atoms with Gasteiger partial charge in [0.2, 0.25) is 0 Å². The Kier molecular flexibility index (Phi) is 4.75. The molecule has 1 atom stereocenters. The van der Waals surface area contributed by atoms with Crippen LogP contribution in [-0.2, 0) is 0 Å². The van der Waals surface area contributed by atoms with Gasteiger partial charge in [-0.25, -0.2) is 15.8 Å². The molecule has 0 spiro atoms. The van der Waals surface area contributed by atoms with Gasteiger partial charge in [-0.2, -0.15) is 0 Å². The van der Waals surface area contributed by atoms with Gasteiger partial charge in [-0.3, -0.25) is 0 Å². The molecule has 5 heteroatoms. The van der Waals surface area contributed by atoms with Crippen LogP contribution in [0.1, 0.15) is 49.7 Å². The molecule has 2 aromatic rings. The summed E-state index contributed by atoms with van der Waals surface area (Å²) in [6, 6.07) is 10.4. The number of nitrogens with zero attached hydrogens (tertiary/aromatic N) is 2. The number of nitrogen functional groups attached to an aromatic ring is 1. The van der Waals surface area contributed by atoms with Crippen molar-refractivity contribution in [3.63, 3.8) is 0 Å². The summed E-state index contributed by atoms with van der Waals surface area (Å²) in [5.41, 5.74) is 4.79. The Bertz CT molecular complexity index is 595. The van der Waals surface area contributed by atoms with E-state index in [1.165, 1.54) is 5.56 Å². The van der Waals surface area contributed by atoms with Gasteiger partial charge in [0.15, 0.2) is 0 Å². The minimum absolute atomic E-state index is 0.158. The highest BCUT2D eigenvalue weighted by atomic mass is 15.3. The quantitative estimate of drug-likeness (QED) is 0.580. The molecular weight excluding hydrogens is 262 g/mol. The van der Waals surface area contributed by atoms with Crippen molar-refractivity contribution in [3.05, 3.63) is 47.3 Å². The maximum Gasteiger partial charge on any atom is 0.148 e. The molecule has 5 nitrogen and oxygen atoms in total. The fourth-order valence-corrected chi connectivity index (χ4v) is 2.10. The van der Waals surface area contributed by atoms with Crippen LogP contribution in [0.2, 0.25) is 0 Å². The average molecular weight is 285 g/mol. The maximum absolute atomic E-state index is 5.56. The van der Waals surface area contributed by atoms with E-state index < -0.39 is 0 Å². The van der Waals surface area contributed by atoms with Crippen LogP contribution < -0.4 is 16.6 Å². The molecule has 0 aliphatic rings. The molecule has 0 bridgehead atoms. The van der Waals surface area contributed by atoms with Crippen molar-refractivity contribution in [1.29, 1.82) is 0 Å². The van der Waals surface area contributed by atoms with E-state index in [9.17, 15) is 0 Å². The van der Waals surface area contributed by atoms with Crippen molar-refractivity contribution < 1.29 is 0 Å². The van der Waals surface area contributed by atoms with Gasteiger partial charge >= 0.3 is 0 Å². The zero-order chi connectivity index (χ0) is 15.4. The molecule has 0 fully saturated rings. The van der Waals surface area contributed by atoms with E-state index in [4.69, 9.17) is 5.84 Å². The Morgan fingerprint density at radius 3 is 2.19 bits per heavy atom. The molecule has 0 amide bonds. The standard InChI is InChI=1S/C16H23N5/c1-10(2)14-19-15(11(3)16(20-14)21-17)18-12(4)13-8-6-5-7-9-13/h5-10,12H,17H2,1-4H3,(H2,18,19,20,21). The predicted molar refractivity (Wildman–Crippen MR) is 87.1 cm³/mol. The predicted octanol–water partition coefficient (Wildman–Crippen LogP) is 3.37. The molecule has 2 rings (SSSR count). The van der Waals surface area contributed by atoms with Gasteiger partial charge in [0.25, 0.3) is 0 Å². The Balaban J connectivity index is 2.32. The lowest BCUT2D eigenvalue weighted by Crippen LogP contribution is -2.16. The molecule has 1 aromatic carbocycles. The Morgan fingerprint density at radius 1 is 1.00 bits per heavy atom. The Hall–Kier alpha value is -2.14. The average Bonchev–Trinajstić information content (AvgIpc) is 2.49. The third kappa shape index (κ3) is 3.49. The third-order valence-corrected chi connectivity index (χ3v) is 3.47. The number of benzene rings is 1. The molecule has 0 saturated heterocycles. The zero-order valence-corrected chi connectivity index (χ0v) is 13.0. The highest BCUT2D eigenvalue weighted by Crippen LogP contribution is 2.26. The van der Waals surface area contributed by atoms with Gasteiger partial charge < -0.3 is 10.7 Å². The second-order valence-electron chi connectivity index (χ2n) is 5.48. The van der Waals surface area contributed by atoms with Crippen molar-refractivity contribution in [2.45, 2.75) is 39.7 Å². The van der Waals surface area contributed by atoms with E-state index >= 15 is 0 Å². The van der Waals surface area contributed by atoms with Crippen molar-refractivity contribution in [2.75, 3.05) is 10.7 Å². The molecule has 0 radical (unpaired) electrons. The van der Waals surface area contributed by atoms with Gasteiger partial charge in [0, 0.05) is 17.5 Å². The first-order chi connectivity index (χ1) is 10.0. The first-order valence-electron chi connectivity index (χ1n) is 7.19. The minimum Gasteiger partial charge on any atom is -0.363 e. The summed E-state index contributed by atoms with van der Waals surface area (Å²) in [4.78, 5) is 9.07. The Morgan fingerprint density at radius 2 is 1.62 bits per heavy atom. The van der Waals surface area contributed by atoms with Crippen LogP contribution in [0.4, 0.5) is 11.6 Å². The van der Waals surface area contributed by atoms with E-state index in [1.54, 1.807) is 0 Å². The summed E-state index contributed by atoms with van der Waals surface area (Å²) in [7, 11) is 0. The number of hydrogen-bond donors (Lipinski definition) is 3. The first kappa shape index (κ1) is 15.3. The molecule has 4 N–H and O–H groups in total. The van der Waals surface area contributed by atoms with Crippen LogP contribution >= 0.6 is 0 Å². The SMILES string of the molecule is Cc1c(NN)nc(C(C)C)nc1NC(C)c1ccccc1. The van der Waals surface area contributed by atoms with Crippen molar-refractivity contribution in [2.24, 2.45) is 5.84 Å². The summed E-state index contributed by atoms with van der Waals surface area (Å²) < 4.78 is 0. The summed E-state index contributed by atoms with van der Waals surface area (Å²) in [6.07, 6.45) is 0. The van der Waals surface area contributed by atoms with Gasteiger partial charge in [-0.15, -0.1) is 0 Å². The Labute approximate surface area is 126 Å². The molecule has 0 saturated carbocycles. The topological polar surface area (TPSA) is 75.9 Å². The highest BCUT2D eigenvalue weighted by molar-refractivity contribution is 5.57. The van der Waals surface area contributed by atoms with Crippen molar-refractivity contribution >= 4 is 11.6 Å². The van der Waals surface area contributed by atoms with Gasteiger partial charge in [0.05, 0.1) is 0 Å². The van der Waals surface area contributed by atoms with Crippen molar-refractivity contribution in [1.82, 2.24) is 9.97 Å². The fraction of sp³-hybridized carbons (Fsp3) is 0.375. The number of aromatic nitrogens is 2. The van der Waals surface area contributed by atoms with E-state index in [1.807, 2.05) is 25.1 Å². The molecular formula is C16H23N5. The minimum atomic E-state index is 0.158. The summed E-state index contributed by atoms with van der Waals surface area (Å²) in [5, 5.41) is 3.45. The maximum atomic E-state index is 5.56. The van der Waals surface area contributed by atoms with Crippen LogP contribution in [0.5, 0.6) is 0 Å². The van der Waals surface area contributed by atoms with E-state index in [0.29, 0.717) is 5.82 Å². The molecule has 1 heterocycles. The van der Waals surface area contributed by atoms with Gasteiger partial charge in [-0.05, 0) is 19.4 Å². The van der Waals surface area contributed by atoms with Crippen LogP contribution in [-0.4, -0.2) is 9.97 Å². The number of nitrogens with one attached hydrogen (secondary N) is 2. The number of rotatable bonds is 5. The van der Waals surface area contributed by atoms with E-state index in [0.717, 1.165) is 17.2 Å². The lowest BCUT2D eigenvalue weighted by Gasteiger charge is -2.19. The number of hydrazine groups is 1. The molecule has 112 valence electrons. The van der Waals surface area contributed by atoms with Crippen LogP contribution in [0.15, 0.2) is 30.3 Å². The van der Waals surface area contributed by atoms with Crippen LogP contribution in [0.25, 0.3) is 0 Å². The highest BCUT2D eigenvalue weighted by Gasteiger charge is 2.14.